The number of hydrogen-bond acceptors (Lipinski definition) is 12. The number of carbonyl (C=O) groups excluding carboxylic acids is 7. The number of carboxylic acid groups (broad SMARTS) is 1. The SMILES string of the molecule is CC(C)[C@H]1CC(=O)N[C@H](CC(=O)O)CCC(=O)NCCCC[C@H](NC(=O)C[C@@H](NC(=O)C[C@H](CCCN)NC(=O)C[C@@H](N)Cc2ccc(O)cc2)C(C)C)CC(=O)N[C@@H](CO)CC(=O)N1. The molecule has 366 valence electrons. The van der Waals surface area contributed by atoms with Gasteiger partial charge < -0.3 is 64.0 Å². The fourth-order valence-electron chi connectivity index (χ4n) is 7.45. The smallest absolute Gasteiger partial charge is 0.305 e. The number of aliphatic hydroxyl groups is 1. The number of amides is 7. The Morgan fingerprint density at radius 3 is 2.06 bits per heavy atom. The van der Waals surface area contributed by atoms with E-state index < -0.39 is 84.9 Å². The lowest BCUT2D eigenvalue weighted by Gasteiger charge is -2.26. The van der Waals surface area contributed by atoms with Crippen LogP contribution in [0.3, 0.4) is 0 Å². The Balaban J connectivity index is 2.13. The molecule has 1 aliphatic heterocycles. The summed E-state index contributed by atoms with van der Waals surface area (Å²) in [6.45, 7) is 7.32. The number of phenols is 1. The van der Waals surface area contributed by atoms with Crippen LogP contribution in [0.5, 0.6) is 5.75 Å². The van der Waals surface area contributed by atoms with E-state index in [1.165, 1.54) is 0 Å². The maximum atomic E-state index is 13.6. The Morgan fingerprint density at radius 1 is 0.785 bits per heavy atom. The van der Waals surface area contributed by atoms with Crippen LogP contribution in [0.1, 0.15) is 123 Å². The molecular weight excluding hydrogens is 843 g/mol. The van der Waals surface area contributed by atoms with Crippen LogP contribution in [0.15, 0.2) is 24.3 Å². The molecule has 7 amide bonds. The molecule has 0 radical (unpaired) electrons. The molecule has 1 saturated heterocycles. The minimum Gasteiger partial charge on any atom is -0.508 e. The van der Waals surface area contributed by atoms with Crippen LogP contribution < -0.4 is 48.7 Å². The molecule has 65 heavy (non-hydrogen) atoms. The molecule has 1 fully saturated rings. The van der Waals surface area contributed by atoms with Gasteiger partial charge >= 0.3 is 5.97 Å². The molecule has 0 aromatic heterocycles. The second kappa shape index (κ2) is 30.0. The Kier molecular flexibility index (Phi) is 25.7. The molecule has 7 atom stereocenters. The molecule has 1 aromatic rings. The zero-order chi connectivity index (χ0) is 48.5. The first-order chi connectivity index (χ1) is 30.8. The van der Waals surface area contributed by atoms with E-state index in [1.807, 2.05) is 13.8 Å². The van der Waals surface area contributed by atoms with Crippen LogP contribution in [0.2, 0.25) is 0 Å². The number of aliphatic hydroxyl groups excluding tert-OH is 1. The van der Waals surface area contributed by atoms with Gasteiger partial charge in [0.15, 0.2) is 0 Å². The van der Waals surface area contributed by atoms with Crippen molar-refractivity contribution in [2.24, 2.45) is 23.3 Å². The molecule has 2 rings (SSSR count). The zero-order valence-electron chi connectivity index (χ0n) is 38.5. The van der Waals surface area contributed by atoms with E-state index in [4.69, 9.17) is 11.5 Å². The van der Waals surface area contributed by atoms with Crippen LogP contribution in [0.25, 0.3) is 0 Å². The second-order valence-corrected chi connectivity index (χ2v) is 17.8. The number of hydrogen-bond donors (Lipinski definition) is 12. The Bertz CT molecular complexity index is 1700. The Hall–Kier alpha value is -5.34. The summed E-state index contributed by atoms with van der Waals surface area (Å²) in [6, 6.07) is 1.75. The number of aromatic hydroxyl groups is 1. The highest BCUT2D eigenvalue weighted by molar-refractivity contribution is 5.84. The molecule has 1 aliphatic rings. The molecule has 1 heterocycles. The third kappa shape index (κ3) is 24.5. The van der Waals surface area contributed by atoms with Crippen LogP contribution in [-0.2, 0) is 44.8 Å². The highest BCUT2D eigenvalue weighted by atomic mass is 16.4. The van der Waals surface area contributed by atoms with Gasteiger partial charge in [0.25, 0.3) is 0 Å². The molecular formula is C45H75N9O11. The van der Waals surface area contributed by atoms with E-state index in [-0.39, 0.29) is 93.2 Å². The number of benzene rings is 1. The van der Waals surface area contributed by atoms with Gasteiger partial charge in [-0.25, -0.2) is 0 Å². The zero-order valence-corrected chi connectivity index (χ0v) is 38.5. The van der Waals surface area contributed by atoms with Gasteiger partial charge in [0, 0.05) is 87.7 Å². The summed E-state index contributed by atoms with van der Waals surface area (Å²) in [5.41, 5.74) is 12.8. The van der Waals surface area contributed by atoms with Crippen molar-refractivity contribution in [1.29, 1.82) is 0 Å². The lowest BCUT2D eigenvalue weighted by atomic mass is 9.98. The lowest BCUT2D eigenvalue weighted by Crippen LogP contribution is -2.49. The first-order valence-corrected chi connectivity index (χ1v) is 22.9. The molecule has 0 spiro atoms. The highest BCUT2D eigenvalue weighted by Gasteiger charge is 2.28. The summed E-state index contributed by atoms with van der Waals surface area (Å²) >= 11 is 0. The molecule has 0 bridgehead atoms. The van der Waals surface area contributed by atoms with Crippen molar-refractivity contribution in [2.45, 2.75) is 166 Å². The van der Waals surface area contributed by atoms with Gasteiger partial charge in [-0.15, -0.1) is 0 Å². The van der Waals surface area contributed by atoms with Gasteiger partial charge in [0.2, 0.25) is 41.4 Å². The lowest BCUT2D eigenvalue weighted by molar-refractivity contribution is -0.138. The topological polar surface area (TPSA) is 333 Å². The summed E-state index contributed by atoms with van der Waals surface area (Å²) in [5, 5.41) is 48.7. The number of carbonyl (C=O) groups is 8. The van der Waals surface area contributed by atoms with Crippen LogP contribution in [0.4, 0.5) is 0 Å². The van der Waals surface area contributed by atoms with Crippen molar-refractivity contribution in [1.82, 2.24) is 37.2 Å². The first kappa shape index (κ1) is 55.8. The summed E-state index contributed by atoms with van der Waals surface area (Å²) < 4.78 is 0. The average Bonchev–Trinajstić information content (AvgIpc) is 3.21. The van der Waals surface area contributed by atoms with Crippen molar-refractivity contribution < 1.29 is 53.7 Å². The van der Waals surface area contributed by atoms with Crippen molar-refractivity contribution in [3.8, 4) is 5.75 Å². The predicted molar refractivity (Wildman–Crippen MR) is 242 cm³/mol. The highest BCUT2D eigenvalue weighted by Crippen LogP contribution is 2.15. The van der Waals surface area contributed by atoms with Gasteiger partial charge in [-0.1, -0.05) is 39.8 Å². The van der Waals surface area contributed by atoms with E-state index in [1.54, 1.807) is 38.1 Å². The number of phenolic OH excluding ortho intramolecular Hbond substituents is 1. The average molecular weight is 918 g/mol. The van der Waals surface area contributed by atoms with E-state index >= 15 is 0 Å². The minimum absolute atomic E-state index is 0.0105. The number of nitrogens with one attached hydrogen (secondary N) is 7. The third-order valence-corrected chi connectivity index (χ3v) is 11.2. The van der Waals surface area contributed by atoms with Crippen LogP contribution in [-0.4, -0.2) is 125 Å². The van der Waals surface area contributed by atoms with Gasteiger partial charge in [-0.05, 0) is 81.0 Å². The van der Waals surface area contributed by atoms with Gasteiger partial charge in [0.1, 0.15) is 5.75 Å². The molecule has 0 aliphatic carbocycles. The van der Waals surface area contributed by atoms with E-state index in [9.17, 15) is 53.7 Å². The third-order valence-electron chi connectivity index (χ3n) is 11.2. The molecule has 20 nitrogen and oxygen atoms in total. The van der Waals surface area contributed by atoms with E-state index in [0.717, 1.165) is 5.56 Å². The fraction of sp³-hybridized carbons (Fsp3) is 0.689. The quantitative estimate of drug-likeness (QED) is 0.0878. The summed E-state index contributed by atoms with van der Waals surface area (Å²) in [6.07, 6.45) is 1.45. The summed E-state index contributed by atoms with van der Waals surface area (Å²) in [4.78, 5) is 104. The minimum atomic E-state index is -1.15. The van der Waals surface area contributed by atoms with Crippen LogP contribution in [0, 0.1) is 11.8 Å². The maximum absolute atomic E-state index is 13.6. The van der Waals surface area contributed by atoms with Gasteiger partial charge in [-0.3, -0.25) is 38.4 Å². The summed E-state index contributed by atoms with van der Waals surface area (Å²) in [7, 11) is 0. The Morgan fingerprint density at radius 2 is 1.43 bits per heavy atom. The standard InChI is InChI=1S/C45H75N9O11/c1-27(2)36(53-41(60)21-32(9-7-16-46)49-39(58)19-30(47)18-29-10-13-35(56)14-11-29)24-43(62)50-31-8-5-6-17-48-38(57)15-12-33(23-45(64)65)51-44(63)25-37(28(3)4)54-42(61)22-34(26-55)52-40(59)20-31/h10-11,13-14,27-28,30-34,36-37,55-56H,5-9,12,15-26,46-47H2,1-4H3,(H,48,57)(H,49,58)(H,50,62)(H,51,63)(H,52,59)(H,53,60)(H,54,61)(H,64,65)/t30-,31-,32-,33-,34+,36+,37+/m0/s1. The number of aliphatic carboxylic acids is 1. The van der Waals surface area contributed by atoms with Crippen molar-refractivity contribution in [3.63, 3.8) is 0 Å². The number of nitrogens with two attached hydrogens (primary N) is 2. The second-order valence-electron chi connectivity index (χ2n) is 17.8. The summed E-state index contributed by atoms with van der Waals surface area (Å²) in [5.74, 6) is -4.48. The normalized spacial score (nSPS) is 21.3. The van der Waals surface area contributed by atoms with E-state index in [0.29, 0.717) is 45.1 Å². The fourth-order valence-corrected chi connectivity index (χ4v) is 7.45. The van der Waals surface area contributed by atoms with Crippen molar-refractivity contribution >= 4 is 47.3 Å². The number of carboxylic acids is 1. The van der Waals surface area contributed by atoms with Crippen LogP contribution >= 0.6 is 0 Å². The van der Waals surface area contributed by atoms with Crippen molar-refractivity contribution in [3.05, 3.63) is 29.8 Å². The first-order valence-electron chi connectivity index (χ1n) is 22.9. The molecule has 20 heteroatoms. The largest absolute Gasteiger partial charge is 0.508 e. The van der Waals surface area contributed by atoms with E-state index in [2.05, 4.69) is 37.2 Å². The Labute approximate surface area is 382 Å². The predicted octanol–water partition coefficient (Wildman–Crippen LogP) is 0.110. The van der Waals surface area contributed by atoms with Gasteiger partial charge in [0.05, 0.1) is 19.1 Å². The van der Waals surface area contributed by atoms with Crippen molar-refractivity contribution in [2.75, 3.05) is 19.7 Å². The molecule has 0 saturated carbocycles. The monoisotopic (exact) mass is 918 g/mol. The van der Waals surface area contributed by atoms with Gasteiger partial charge in [-0.2, -0.15) is 0 Å². The molecule has 14 N–H and O–H groups in total. The molecule has 0 unspecified atom stereocenters. The molecule has 1 aromatic carbocycles. The maximum Gasteiger partial charge on any atom is 0.305 e. The number of rotatable bonds is 19.